The molecular formula is C22H26ClN3O5S. The first kappa shape index (κ1) is 24.0. The normalized spacial score (nSPS) is 19.7. The zero-order valence-corrected chi connectivity index (χ0v) is 20.0. The fourth-order valence-corrected chi connectivity index (χ4v) is 4.68. The SMILES string of the molecule is COc1ccc(C)cc1N1C(=O)CN(S(C)(=O)=O)C[C@@]1(C)C(=O)NCc1ccc(Cl)cc1. The van der Waals surface area contributed by atoms with Crippen molar-refractivity contribution < 1.29 is 22.7 Å². The number of halogens is 1. The van der Waals surface area contributed by atoms with Crippen molar-refractivity contribution in [2.45, 2.75) is 25.9 Å². The van der Waals surface area contributed by atoms with Crippen LogP contribution in [0.2, 0.25) is 5.02 Å². The van der Waals surface area contributed by atoms with E-state index in [2.05, 4.69) is 5.32 Å². The highest BCUT2D eigenvalue weighted by Gasteiger charge is 2.51. The lowest BCUT2D eigenvalue weighted by atomic mass is 9.94. The Labute approximate surface area is 193 Å². The lowest BCUT2D eigenvalue weighted by Crippen LogP contribution is -2.70. The molecule has 0 saturated carbocycles. The maximum Gasteiger partial charge on any atom is 0.247 e. The number of rotatable bonds is 6. The standard InChI is InChI=1S/C22H26ClN3O5S/c1-15-5-10-19(31-3)18(11-15)26-20(27)13-25(32(4,29)30)14-22(26,2)21(28)24-12-16-6-8-17(23)9-7-16/h5-11H,12-14H2,1-4H3,(H,24,28)/t22-/m0/s1. The number of carbonyl (C=O) groups is 2. The fourth-order valence-electron chi connectivity index (χ4n) is 3.72. The predicted molar refractivity (Wildman–Crippen MR) is 123 cm³/mol. The number of ether oxygens (including phenoxy) is 1. The second kappa shape index (κ2) is 9.09. The average Bonchev–Trinajstić information content (AvgIpc) is 2.72. The Bertz CT molecular complexity index is 1140. The van der Waals surface area contributed by atoms with Crippen LogP contribution >= 0.6 is 11.6 Å². The molecule has 1 N–H and O–H groups in total. The molecule has 0 aliphatic carbocycles. The van der Waals surface area contributed by atoms with E-state index in [-0.39, 0.29) is 19.6 Å². The number of sulfonamides is 1. The van der Waals surface area contributed by atoms with Crippen LogP contribution in [0.1, 0.15) is 18.1 Å². The number of nitrogens with zero attached hydrogens (tertiary/aromatic N) is 2. The minimum Gasteiger partial charge on any atom is -0.495 e. The Kier molecular flexibility index (Phi) is 6.83. The van der Waals surface area contributed by atoms with Gasteiger partial charge in [-0.05, 0) is 49.2 Å². The maximum absolute atomic E-state index is 13.5. The van der Waals surface area contributed by atoms with Gasteiger partial charge in [0, 0.05) is 18.1 Å². The van der Waals surface area contributed by atoms with E-state index in [0.29, 0.717) is 16.5 Å². The summed E-state index contributed by atoms with van der Waals surface area (Å²) in [6.07, 6.45) is 1.02. The number of methoxy groups -OCH3 is 1. The van der Waals surface area contributed by atoms with Crippen molar-refractivity contribution in [3.8, 4) is 5.75 Å². The topological polar surface area (TPSA) is 96.0 Å². The quantitative estimate of drug-likeness (QED) is 0.686. The molecule has 1 aliphatic heterocycles. The van der Waals surface area contributed by atoms with Crippen molar-refractivity contribution in [2.75, 3.05) is 31.4 Å². The van der Waals surface area contributed by atoms with Gasteiger partial charge in [0.25, 0.3) is 0 Å². The largest absolute Gasteiger partial charge is 0.495 e. The molecule has 1 fully saturated rings. The van der Waals surface area contributed by atoms with Crippen LogP contribution in [0.5, 0.6) is 5.75 Å². The maximum atomic E-state index is 13.5. The van der Waals surface area contributed by atoms with Gasteiger partial charge in [0.1, 0.15) is 11.3 Å². The van der Waals surface area contributed by atoms with E-state index in [4.69, 9.17) is 16.3 Å². The van der Waals surface area contributed by atoms with E-state index in [9.17, 15) is 18.0 Å². The number of carbonyl (C=O) groups excluding carboxylic acids is 2. The third-order valence-electron chi connectivity index (χ3n) is 5.44. The monoisotopic (exact) mass is 479 g/mol. The van der Waals surface area contributed by atoms with Crippen LogP contribution < -0.4 is 15.0 Å². The summed E-state index contributed by atoms with van der Waals surface area (Å²) in [5, 5.41) is 3.41. The highest BCUT2D eigenvalue weighted by Crippen LogP contribution is 2.37. The zero-order valence-electron chi connectivity index (χ0n) is 18.4. The number of anilines is 1. The first-order chi connectivity index (χ1) is 15.0. The molecule has 32 heavy (non-hydrogen) atoms. The third-order valence-corrected chi connectivity index (χ3v) is 6.89. The molecule has 1 atom stereocenters. The molecule has 0 radical (unpaired) electrons. The van der Waals surface area contributed by atoms with Crippen molar-refractivity contribution in [1.29, 1.82) is 0 Å². The van der Waals surface area contributed by atoms with Crippen molar-refractivity contribution >= 4 is 39.1 Å². The number of benzene rings is 2. The molecule has 2 aromatic rings. The molecule has 2 aromatic carbocycles. The molecule has 10 heteroatoms. The summed E-state index contributed by atoms with van der Waals surface area (Å²) < 4.78 is 31.0. The molecule has 8 nitrogen and oxygen atoms in total. The highest BCUT2D eigenvalue weighted by atomic mass is 35.5. The van der Waals surface area contributed by atoms with Gasteiger partial charge in [-0.15, -0.1) is 0 Å². The Morgan fingerprint density at radius 3 is 2.47 bits per heavy atom. The van der Waals surface area contributed by atoms with E-state index < -0.39 is 27.4 Å². The smallest absolute Gasteiger partial charge is 0.247 e. The highest BCUT2D eigenvalue weighted by molar-refractivity contribution is 7.88. The van der Waals surface area contributed by atoms with Crippen LogP contribution in [0.25, 0.3) is 0 Å². The van der Waals surface area contributed by atoms with Crippen LogP contribution in [0.4, 0.5) is 5.69 Å². The summed E-state index contributed by atoms with van der Waals surface area (Å²) in [5.74, 6) is -0.596. The Balaban J connectivity index is 2.02. The number of hydrogen-bond acceptors (Lipinski definition) is 5. The van der Waals surface area contributed by atoms with E-state index in [1.165, 1.54) is 12.0 Å². The summed E-state index contributed by atoms with van der Waals surface area (Å²) in [4.78, 5) is 28.0. The number of aryl methyl sites for hydroxylation is 1. The molecule has 1 heterocycles. The summed E-state index contributed by atoms with van der Waals surface area (Å²) in [5.41, 5.74) is 0.581. The molecular weight excluding hydrogens is 454 g/mol. The van der Waals surface area contributed by atoms with Gasteiger partial charge < -0.3 is 10.1 Å². The lowest BCUT2D eigenvalue weighted by molar-refractivity contribution is -0.133. The predicted octanol–water partition coefficient (Wildman–Crippen LogP) is 2.34. The van der Waals surface area contributed by atoms with Crippen LogP contribution in [0.3, 0.4) is 0 Å². The number of piperazine rings is 1. The van der Waals surface area contributed by atoms with Crippen molar-refractivity contribution in [3.63, 3.8) is 0 Å². The summed E-state index contributed by atoms with van der Waals surface area (Å²) >= 11 is 5.92. The van der Waals surface area contributed by atoms with Gasteiger partial charge in [0.15, 0.2) is 0 Å². The molecule has 1 aliphatic rings. The van der Waals surface area contributed by atoms with E-state index in [0.717, 1.165) is 21.7 Å². The van der Waals surface area contributed by atoms with Crippen molar-refractivity contribution in [2.24, 2.45) is 0 Å². The van der Waals surface area contributed by atoms with Gasteiger partial charge in [-0.1, -0.05) is 29.8 Å². The molecule has 172 valence electrons. The zero-order chi connectivity index (χ0) is 23.7. The molecule has 0 spiro atoms. The van der Waals surface area contributed by atoms with Crippen LogP contribution in [-0.2, 0) is 26.2 Å². The molecule has 0 aromatic heterocycles. The molecule has 2 amide bonds. The minimum absolute atomic E-state index is 0.192. The van der Waals surface area contributed by atoms with Gasteiger partial charge >= 0.3 is 0 Å². The minimum atomic E-state index is -3.70. The van der Waals surface area contributed by atoms with Crippen LogP contribution in [-0.4, -0.2) is 56.5 Å². The number of nitrogens with one attached hydrogen (secondary N) is 1. The number of amides is 2. The van der Waals surface area contributed by atoms with Gasteiger partial charge in [-0.25, -0.2) is 8.42 Å². The van der Waals surface area contributed by atoms with Gasteiger partial charge in [0.05, 0.1) is 25.6 Å². The van der Waals surface area contributed by atoms with Gasteiger partial charge in [-0.3, -0.25) is 14.5 Å². The average molecular weight is 480 g/mol. The summed E-state index contributed by atoms with van der Waals surface area (Å²) in [7, 11) is -2.23. The Morgan fingerprint density at radius 2 is 1.88 bits per heavy atom. The van der Waals surface area contributed by atoms with Gasteiger partial charge in [-0.2, -0.15) is 4.31 Å². The first-order valence-electron chi connectivity index (χ1n) is 9.91. The molecule has 3 rings (SSSR count). The Morgan fingerprint density at radius 1 is 1.22 bits per heavy atom. The second-order valence-electron chi connectivity index (χ2n) is 8.02. The lowest BCUT2D eigenvalue weighted by Gasteiger charge is -2.46. The molecule has 1 saturated heterocycles. The molecule has 0 bridgehead atoms. The number of hydrogen-bond donors (Lipinski definition) is 1. The second-order valence-corrected chi connectivity index (χ2v) is 10.4. The Hall–Kier alpha value is -2.62. The summed E-state index contributed by atoms with van der Waals surface area (Å²) in [6, 6.07) is 12.3. The van der Waals surface area contributed by atoms with Crippen LogP contribution in [0, 0.1) is 6.92 Å². The fraction of sp³-hybridized carbons (Fsp3) is 0.364. The van der Waals surface area contributed by atoms with E-state index in [1.54, 1.807) is 43.3 Å². The third kappa shape index (κ3) is 4.90. The molecule has 0 unspecified atom stereocenters. The van der Waals surface area contributed by atoms with Gasteiger partial charge in [0.2, 0.25) is 21.8 Å². The van der Waals surface area contributed by atoms with Crippen molar-refractivity contribution in [1.82, 2.24) is 9.62 Å². The van der Waals surface area contributed by atoms with E-state index in [1.807, 2.05) is 13.0 Å². The summed E-state index contributed by atoms with van der Waals surface area (Å²) in [6.45, 7) is 3.05. The van der Waals surface area contributed by atoms with Crippen LogP contribution in [0.15, 0.2) is 42.5 Å². The van der Waals surface area contributed by atoms with Crippen molar-refractivity contribution in [3.05, 3.63) is 58.6 Å². The first-order valence-corrected chi connectivity index (χ1v) is 12.1. The van der Waals surface area contributed by atoms with E-state index >= 15 is 0 Å².